The van der Waals surface area contributed by atoms with Gasteiger partial charge in [0, 0.05) is 12.1 Å². The van der Waals surface area contributed by atoms with Crippen LogP contribution in [-0.4, -0.2) is 16.5 Å². The number of oxazole rings is 1. The van der Waals surface area contributed by atoms with Crippen molar-refractivity contribution in [1.82, 2.24) is 9.97 Å². The van der Waals surface area contributed by atoms with E-state index in [4.69, 9.17) is 10.2 Å². The Balaban J connectivity index is 1.80. The normalized spacial score (nSPS) is 25.2. The van der Waals surface area contributed by atoms with Crippen LogP contribution < -0.4 is 5.73 Å². The number of aromatic nitrogens is 2. The molecule has 90 valence electrons. The van der Waals surface area contributed by atoms with Gasteiger partial charge in [-0.25, -0.2) is 4.98 Å². The largest absolute Gasteiger partial charge is 0.439 e. The maximum Gasteiger partial charge on any atom is 0.200 e. The number of hydrogen-bond acceptors (Lipinski definition) is 4. The fourth-order valence-corrected chi connectivity index (χ4v) is 2.61. The number of hydrogen-bond donors (Lipinski definition) is 1. The first kappa shape index (κ1) is 10.7. The van der Waals surface area contributed by atoms with Crippen molar-refractivity contribution in [1.29, 1.82) is 0 Å². The Morgan fingerprint density at radius 1 is 1.29 bits per heavy atom. The second-order valence-electron chi connectivity index (χ2n) is 4.83. The highest BCUT2D eigenvalue weighted by atomic mass is 16.3. The number of pyridine rings is 1. The van der Waals surface area contributed by atoms with Gasteiger partial charge in [0.1, 0.15) is 0 Å². The summed E-state index contributed by atoms with van der Waals surface area (Å²) in [7, 11) is 0. The Morgan fingerprint density at radius 3 is 2.82 bits per heavy atom. The molecular formula is C13H17N3O. The van der Waals surface area contributed by atoms with Crippen LogP contribution in [0.5, 0.6) is 0 Å². The molecule has 1 aliphatic carbocycles. The molecule has 0 aliphatic heterocycles. The van der Waals surface area contributed by atoms with Crippen LogP contribution in [0.4, 0.5) is 0 Å². The fourth-order valence-electron chi connectivity index (χ4n) is 2.61. The molecule has 2 aromatic rings. The molecule has 2 aromatic heterocycles. The molecule has 0 spiro atoms. The molecule has 2 N–H and O–H groups in total. The zero-order chi connectivity index (χ0) is 11.7. The fraction of sp³-hybridized carbons (Fsp3) is 0.538. The van der Waals surface area contributed by atoms with E-state index in [1.807, 2.05) is 12.1 Å². The second-order valence-corrected chi connectivity index (χ2v) is 4.83. The minimum atomic E-state index is 0.451. The van der Waals surface area contributed by atoms with Gasteiger partial charge in [-0.15, -0.1) is 0 Å². The third kappa shape index (κ3) is 2.05. The monoisotopic (exact) mass is 231 g/mol. The molecule has 1 saturated carbocycles. The van der Waals surface area contributed by atoms with Gasteiger partial charge in [0.05, 0.1) is 0 Å². The van der Waals surface area contributed by atoms with E-state index in [2.05, 4.69) is 9.97 Å². The molecule has 1 fully saturated rings. The summed E-state index contributed by atoms with van der Waals surface area (Å²) in [6, 6.07) is 3.80. The maximum absolute atomic E-state index is 5.77. The summed E-state index contributed by atoms with van der Waals surface area (Å²) in [5.74, 6) is 2.00. The summed E-state index contributed by atoms with van der Waals surface area (Å²) in [6.45, 7) is 0.807. The molecule has 0 radical (unpaired) electrons. The van der Waals surface area contributed by atoms with Crippen molar-refractivity contribution in [2.24, 2.45) is 11.7 Å². The first-order valence-corrected chi connectivity index (χ1v) is 6.28. The zero-order valence-corrected chi connectivity index (χ0v) is 9.80. The highest BCUT2D eigenvalue weighted by molar-refractivity contribution is 5.66. The van der Waals surface area contributed by atoms with Crippen LogP contribution in [0.15, 0.2) is 22.7 Å². The summed E-state index contributed by atoms with van der Waals surface area (Å²) in [6.07, 6.45) is 6.39. The van der Waals surface area contributed by atoms with Crippen LogP contribution in [0.3, 0.4) is 0 Å². The molecule has 0 aromatic carbocycles. The van der Waals surface area contributed by atoms with Crippen molar-refractivity contribution in [2.45, 2.75) is 31.6 Å². The Kier molecular flexibility index (Phi) is 2.81. The Bertz CT molecular complexity index is 467. The van der Waals surface area contributed by atoms with Gasteiger partial charge < -0.3 is 10.2 Å². The van der Waals surface area contributed by atoms with Gasteiger partial charge in [-0.2, -0.15) is 4.98 Å². The van der Waals surface area contributed by atoms with Gasteiger partial charge in [-0.3, -0.25) is 0 Å². The molecule has 0 bridgehead atoms. The average Bonchev–Trinajstić information content (AvgIpc) is 2.82. The SMILES string of the molecule is NCC1CCC(c2nc3ncccc3o2)CC1. The van der Waals surface area contributed by atoms with Crippen molar-refractivity contribution in [2.75, 3.05) is 6.54 Å². The Hall–Kier alpha value is -1.42. The van der Waals surface area contributed by atoms with E-state index in [0.29, 0.717) is 11.8 Å². The molecule has 1 aliphatic rings. The highest BCUT2D eigenvalue weighted by Gasteiger charge is 2.25. The molecule has 17 heavy (non-hydrogen) atoms. The van der Waals surface area contributed by atoms with Gasteiger partial charge >= 0.3 is 0 Å². The van der Waals surface area contributed by atoms with Gasteiger partial charge in [-0.1, -0.05) is 0 Å². The summed E-state index contributed by atoms with van der Waals surface area (Å²) < 4.78 is 5.77. The van der Waals surface area contributed by atoms with E-state index < -0.39 is 0 Å². The van der Waals surface area contributed by atoms with Crippen molar-refractivity contribution < 1.29 is 4.42 Å². The summed E-state index contributed by atoms with van der Waals surface area (Å²) >= 11 is 0. The molecule has 0 atom stereocenters. The van der Waals surface area contributed by atoms with E-state index in [1.54, 1.807) is 6.20 Å². The zero-order valence-electron chi connectivity index (χ0n) is 9.80. The summed E-state index contributed by atoms with van der Waals surface area (Å²) in [5.41, 5.74) is 7.22. The quantitative estimate of drug-likeness (QED) is 0.862. The second kappa shape index (κ2) is 4.45. The lowest BCUT2D eigenvalue weighted by atomic mass is 9.82. The predicted molar refractivity (Wildman–Crippen MR) is 65.6 cm³/mol. The molecule has 3 rings (SSSR count). The third-order valence-corrected chi connectivity index (χ3v) is 3.71. The van der Waals surface area contributed by atoms with E-state index in [-0.39, 0.29) is 0 Å². The van der Waals surface area contributed by atoms with Crippen LogP contribution in [-0.2, 0) is 0 Å². The first-order valence-electron chi connectivity index (χ1n) is 6.28. The van der Waals surface area contributed by atoms with Crippen molar-refractivity contribution in [3.63, 3.8) is 0 Å². The summed E-state index contributed by atoms with van der Waals surface area (Å²) in [4.78, 5) is 8.68. The maximum atomic E-state index is 5.77. The van der Waals surface area contributed by atoms with Gasteiger partial charge in [0.2, 0.25) is 0 Å². The van der Waals surface area contributed by atoms with Crippen molar-refractivity contribution >= 4 is 11.2 Å². The van der Waals surface area contributed by atoms with Crippen LogP contribution in [0.1, 0.15) is 37.5 Å². The van der Waals surface area contributed by atoms with Crippen LogP contribution in [0, 0.1) is 5.92 Å². The topological polar surface area (TPSA) is 64.9 Å². The third-order valence-electron chi connectivity index (χ3n) is 3.71. The predicted octanol–water partition coefficient (Wildman–Crippen LogP) is 2.46. The standard InChI is InChI=1S/C13H17N3O/c14-8-9-3-5-10(6-4-9)13-16-12-11(17-13)2-1-7-15-12/h1-2,7,9-10H,3-6,8,14H2. The number of nitrogens with zero attached hydrogens (tertiary/aromatic N) is 2. The minimum absolute atomic E-state index is 0.451. The number of rotatable bonds is 2. The molecule has 0 saturated heterocycles. The molecular weight excluding hydrogens is 214 g/mol. The molecule has 2 heterocycles. The van der Waals surface area contributed by atoms with E-state index in [1.165, 1.54) is 12.8 Å². The van der Waals surface area contributed by atoms with Crippen molar-refractivity contribution in [3.8, 4) is 0 Å². The molecule has 0 unspecified atom stereocenters. The lowest BCUT2D eigenvalue weighted by molar-refractivity contribution is 0.301. The van der Waals surface area contributed by atoms with Crippen LogP contribution in [0.25, 0.3) is 11.2 Å². The molecule has 0 amide bonds. The van der Waals surface area contributed by atoms with Gasteiger partial charge in [-0.05, 0) is 50.3 Å². The number of nitrogens with two attached hydrogens (primary N) is 1. The van der Waals surface area contributed by atoms with Gasteiger partial charge in [0.15, 0.2) is 17.1 Å². The lowest BCUT2D eigenvalue weighted by Crippen LogP contribution is -2.20. The van der Waals surface area contributed by atoms with Crippen LogP contribution >= 0.6 is 0 Å². The summed E-state index contributed by atoms with van der Waals surface area (Å²) in [5, 5.41) is 0. The average molecular weight is 231 g/mol. The first-order chi connectivity index (χ1) is 8.36. The minimum Gasteiger partial charge on any atom is -0.439 e. The Morgan fingerprint density at radius 2 is 2.12 bits per heavy atom. The lowest BCUT2D eigenvalue weighted by Gasteiger charge is -2.25. The highest BCUT2D eigenvalue weighted by Crippen LogP contribution is 2.35. The van der Waals surface area contributed by atoms with E-state index in [9.17, 15) is 0 Å². The van der Waals surface area contributed by atoms with Gasteiger partial charge in [0.25, 0.3) is 0 Å². The van der Waals surface area contributed by atoms with Crippen molar-refractivity contribution in [3.05, 3.63) is 24.2 Å². The Labute approximate surface area is 100 Å². The smallest absolute Gasteiger partial charge is 0.200 e. The molecule has 4 heteroatoms. The molecule has 4 nitrogen and oxygen atoms in total. The van der Waals surface area contributed by atoms with E-state index >= 15 is 0 Å². The van der Waals surface area contributed by atoms with Crippen LogP contribution in [0.2, 0.25) is 0 Å². The van der Waals surface area contributed by atoms with E-state index in [0.717, 1.165) is 36.5 Å². The number of fused-ring (bicyclic) bond motifs is 1.